The minimum Gasteiger partial charge on any atom is -0.442 e. The van der Waals surface area contributed by atoms with Gasteiger partial charge in [0, 0.05) is 29.1 Å². The van der Waals surface area contributed by atoms with Crippen molar-refractivity contribution in [2.24, 2.45) is 0 Å². The first-order valence-corrected chi connectivity index (χ1v) is 9.56. The predicted molar refractivity (Wildman–Crippen MR) is 107 cm³/mol. The molecule has 4 amide bonds. The summed E-state index contributed by atoms with van der Waals surface area (Å²) >= 11 is 0. The molecule has 3 aliphatic rings. The molecule has 156 valence electrons. The van der Waals surface area contributed by atoms with Crippen molar-refractivity contribution < 1.29 is 28.7 Å². The number of carbonyl (C=O) groups is 4. The third kappa shape index (κ3) is 3.37. The molecule has 2 fully saturated rings. The number of benzene rings is 1. The third-order valence-corrected chi connectivity index (χ3v) is 5.37. The van der Waals surface area contributed by atoms with Gasteiger partial charge in [0.2, 0.25) is 0 Å². The lowest BCUT2D eigenvalue weighted by molar-refractivity contribution is -0.138. The molecule has 1 atom stereocenters. The molecule has 0 aliphatic carbocycles. The number of nitrogens with zero attached hydrogens (tertiary/aromatic N) is 3. The first-order chi connectivity index (χ1) is 14.4. The molecule has 1 aromatic rings. The normalized spacial score (nSPS) is 22.3. The summed E-state index contributed by atoms with van der Waals surface area (Å²) in [6.07, 6.45) is 0.175. The van der Waals surface area contributed by atoms with Gasteiger partial charge in [-0.3, -0.25) is 24.2 Å². The quantitative estimate of drug-likeness (QED) is 0.677. The fraction of sp³-hybridized carbons (Fsp3) is 0.333. The molecule has 0 N–H and O–H groups in total. The van der Waals surface area contributed by atoms with Gasteiger partial charge in [0.05, 0.1) is 19.7 Å². The average Bonchev–Trinajstić information content (AvgIpc) is 3.21. The number of cyclic esters (lactones) is 1. The number of morpholine rings is 1. The van der Waals surface area contributed by atoms with Crippen LogP contribution >= 0.6 is 0 Å². The third-order valence-electron chi connectivity index (χ3n) is 5.37. The van der Waals surface area contributed by atoms with Crippen molar-refractivity contribution in [3.8, 4) is 0 Å². The number of rotatable bonds is 5. The zero-order valence-electron chi connectivity index (χ0n) is 16.5. The van der Waals surface area contributed by atoms with Gasteiger partial charge in [-0.1, -0.05) is 12.7 Å². The highest BCUT2D eigenvalue weighted by Gasteiger charge is 2.40. The summed E-state index contributed by atoms with van der Waals surface area (Å²) in [5, 5.41) is 0. The van der Waals surface area contributed by atoms with Gasteiger partial charge < -0.3 is 14.4 Å². The van der Waals surface area contributed by atoms with E-state index in [-0.39, 0.29) is 31.2 Å². The molecular formula is C21H21N3O6. The van der Waals surface area contributed by atoms with Crippen LogP contribution < -0.4 is 9.80 Å². The van der Waals surface area contributed by atoms with E-state index in [4.69, 9.17) is 9.47 Å². The molecule has 3 heterocycles. The van der Waals surface area contributed by atoms with Crippen LogP contribution in [0.3, 0.4) is 0 Å². The lowest BCUT2D eigenvalue weighted by atomic mass is 10.2. The van der Waals surface area contributed by atoms with E-state index in [1.807, 2.05) is 0 Å². The number of carbonyl (C=O) groups excluding carboxylic acids is 4. The van der Waals surface area contributed by atoms with E-state index in [0.29, 0.717) is 24.4 Å². The molecule has 9 nitrogen and oxygen atoms in total. The number of imide groups is 1. The first-order valence-electron chi connectivity index (χ1n) is 9.56. The zero-order chi connectivity index (χ0) is 21.4. The first kappa shape index (κ1) is 19.8. The maximum atomic E-state index is 12.4. The zero-order valence-corrected chi connectivity index (χ0v) is 16.5. The van der Waals surface area contributed by atoms with E-state index in [1.165, 1.54) is 11.0 Å². The standard InChI is InChI=1S/C21H21N3O6/c1-3-17-13(2)19(26)24(20(17)27)11-16-10-23(21(28)30-16)15-6-4-14(5-7-15)22-8-9-29-12-18(22)25/h3-7,16H,1,8-12H2,2H3/t16-/m1/s1. The summed E-state index contributed by atoms with van der Waals surface area (Å²) in [5.41, 5.74) is 1.94. The van der Waals surface area contributed by atoms with Crippen molar-refractivity contribution in [1.29, 1.82) is 0 Å². The van der Waals surface area contributed by atoms with Crippen LogP contribution in [-0.2, 0) is 23.9 Å². The number of hydrogen-bond donors (Lipinski definition) is 0. The molecule has 0 radical (unpaired) electrons. The maximum Gasteiger partial charge on any atom is 0.414 e. The summed E-state index contributed by atoms with van der Waals surface area (Å²) in [4.78, 5) is 53.2. The van der Waals surface area contributed by atoms with Gasteiger partial charge in [-0.25, -0.2) is 4.79 Å². The van der Waals surface area contributed by atoms with Crippen molar-refractivity contribution in [1.82, 2.24) is 4.90 Å². The van der Waals surface area contributed by atoms with Crippen LogP contribution in [0.1, 0.15) is 6.92 Å². The Morgan fingerprint density at radius 1 is 1.07 bits per heavy atom. The number of amides is 4. The van der Waals surface area contributed by atoms with E-state index in [2.05, 4.69) is 6.58 Å². The van der Waals surface area contributed by atoms with Crippen molar-refractivity contribution >= 4 is 35.2 Å². The molecule has 9 heteroatoms. The molecule has 3 aliphatic heterocycles. The van der Waals surface area contributed by atoms with E-state index in [0.717, 1.165) is 10.6 Å². The van der Waals surface area contributed by atoms with Gasteiger partial charge in [-0.2, -0.15) is 0 Å². The fourth-order valence-electron chi connectivity index (χ4n) is 3.76. The van der Waals surface area contributed by atoms with E-state index < -0.39 is 24.0 Å². The highest BCUT2D eigenvalue weighted by atomic mass is 16.6. The average molecular weight is 411 g/mol. The minimum atomic E-state index is -0.636. The Morgan fingerprint density at radius 2 is 1.73 bits per heavy atom. The van der Waals surface area contributed by atoms with Crippen LogP contribution in [0.4, 0.5) is 16.2 Å². The Kier molecular flexibility index (Phi) is 5.13. The van der Waals surface area contributed by atoms with Crippen molar-refractivity contribution in [3.05, 3.63) is 48.1 Å². The summed E-state index contributed by atoms with van der Waals surface area (Å²) in [6, 6.07) is 6.98. The van der Waals surface area contributed by atoms with E-state index in [1.54, 1.807) is 36.1 Å². The molecule has 0 bridgehead atoms. The molecule has 0 spiro atoms. The second-order valence-corrected chi connectivity index (χ2v) is 7.19. The highest BCUT2D eigenvalue weighted by Crippen LogP contribution is 2.27. The summed E-state index contributed by atoms with van der Waals surface area (Å²) in [6.45, 7) is 6.33. The lowest BCUT2D eigenvalue weighted by Crippen LogP contribution is -2.41. The molecular weight excluding hydrogens is 390 g/mol. The highest BCUT2D eigenvalue weighted by molar-refractivity contribution is 6.20. The number of ether oxygens (including phenoxy) is 2. The van der Waals surface area contributed by atoms with Crippen LogP contribution in [0.2, 0.25) is 0 Å². The smallest absolute Gasteiger partial charge is 0.414 e. The molecule has 0 unspecified atom stereocenters. The number of hydrogen-bond acceptors (Lipinski definition) is 6. The molecule has 1 aromatic carbocycles. The SMILES string of the molecule is C=CC1=C(C)C(=O)N(C[C@H]2CN(c3ccc(N4CCOCC4=O)cc3)C(=O)O2)C1=O. The van der Waals surface area contributed by atoms with Crippen LogP contribution in [0.5, 0.6) is 0 Å². The monoisotopic (exact) mass is 411 g/mol. The maximum absolute atomic E-state index is 12.4. The molecule has 0 aromatic heterocycles. The summed E-state index contributed by atoms with van der Waals surface area (Å²) in [7, 11) is 0. The van der Waals surface area contributed by atoms with Crippen molar-refractivity contribution in [3.63, 3.8) is 0 Å². The lowest BCUT2D eigenvalue weighted by Gasteiger charge is -2.27. The van der Waals surface area contributed by atoms with Gasteiger partial charge in [-0.05, 0) is 31.2 Å². The summed E-state index contributed by atoms with van der Waals surface area (Å²) < 4.78 is 10.5. The molecule has 30 heavy (non-hydrogen) atoms. The van der Waals surface area contributed by atoms with Gasteiger partial charge in [0.25, 0.3) is 17.7 Å². The minimum absolute atomic E-state index is 0.0189. The second-order valence-electron chi connectivity index (χ2n) is 7.19. The Balaban J connectivity index is 1.43. The Morgan fingerprint density at radius 3 is 2.33 bits per heavy atom. The molecule has 2 saturated heterocycles. The van der Waals surface area contributed by atoms with E-state index in [9.17, 15) is 19.2 Å². The van der Waals surface area contributed by atoms with Crippen LogP contribution in [0, 0.1) is 0 Å². The van der Waals surface area contributed by atoms with Crippen molar-refractivity contribution in [2.45, 2.75) is 13.0 Å². The largest absolute Gasteiger partial charge is 0.442 e. The Labute approximate surface area is 173 Å². The van der Waals surface area contributed by atoms with Crippen LogP contribution in [0.15, 0.2) is 48.1 Å². The van der Waals surface area contributed by atoms with Gasteiger partial charge in [0.15, 0.2) is 0 Å². The van der Waals surface area contributed by atoms with Gasteiger partial charge in [0.1, 0.15) is 12.7 Å². The van der Waals surface area contributed by atoms with Crippen molar-refractivity contribution in [2.75, 3.05) is 42.6 Å². The van der Waals surface area contributed by atoms with E-state index >= 15 is 0 Å². The predicted octanol–water partition coefficient (Wildman–Crippen LogP) is 1.25. The molecule has 0 saturated carbocycles. The van der Waals surface area contributed by atoms with Gasteiger partial charge >= 0.3 is 6.09 Å². The summed E-state index contributed by atoms with van der Waals surface area (Å²) in [5.74, 6) is -0.942. The van der Waals surface area contributed by atoms with Gasteiger partial charge in [-0.15, -0.1) is 0 Å². The Bertz CT molecular complexity index is 967. The topological polar surface area (TPSA) is 96.5 Å². The van der Waals surface area contributed by atoms with Crippen LogP contribution in [-0.4, -0.2) is 67.7 Å². The fourth-order valence-corrected chi connectivity index (χ4v) is 3.76. The second kappa shape index (κ2) is 7.75. The number of anilines is 2. The Hall–Kier alpha value is -3.46. The molecule has 4 rings (SSSR count). The van der Waals surface area contributed by atoms with Crippen LogP contribution in [0.25, 0.3) is 0 Å².